The number of hydrogen-bond acceptors (Lipinski definition) is 5. The third kappa shape index (κ3) is 3.58. The second-order valence-electron chi connectivity index (χ2n) is 6.96. The summed E-state index contributed by atoms with van der Waals surface area (Å²) in [5.41, 5.74) is 7.93. The number of hydrogen-bond donors (Lipinski definition) is 3. The Hall–Kier alpha value is -4.19. The molecular formula is C24H20N6. The van der Waals surface area contributed by atoms with Gasteiger partial charge in [0.05, 0.1) is 16.7 Å². The minimum Gasteiger partial charge on any atom is -0.388 e. The van der Waals surface area contributed by atoms with Crippen molar-refractivity contribution in [3.8, 4) is 22.6 Å². The number of H-pyrrole nitrogens is 1. The zero-order valence-corrected chi connectivity index (χ0v) is 16.4. The number of aromatic nitrogens is 4. The highest BCUT2D eigenvalue weighted by Gasteiger charge is 2.07. The van der Waals surface area contributed by atoms with E-state index in [9.17, 15) is 0 Å². The summed E-state index contributed by atoms with van der Waals surface area (Å²) in [6.45, 7) is 0. The Bertz CT molecular complexity index is 1290. The molecule has 0 saturated heterocycles. The predicted octanol–water partition coefficient (Wildman–Crippen LogP) is 5.47. The van der Waals surface area contributed by atoms with Gasteiger partial charge in [0.2, 0.25) is 0 Å². The topological polar surface area (TPSA) is 78.5 Å². The van der Waals surface area contributed by atoms with Crippen LogP contribution in [0.15, 0.2) is 85.1 Å². The van der Waals surface area contributed by atoms with Gasteiger partial charge >= 0.3 is 0 Å². The lowest BCUT2D eigenvalue weighted by atomic mass is 10.1. The number of fused-ring (bicyclic) bond motifs is 1. The first-order valence-electron chi connectivity index (χ1n) is 9.72. The van der Waals surface area contributed by atoms with Crippen LogP contribution in [0.4, 0.5) is 17.1 Å². The second kappa shape index (κ2) is 7.67. The van der Waals surface area contributed by atoms with Crippen LogP contribution >= 0.6 is 0 Å². The smallest absolute Gasteiger partial charge is 0.138 e. The Balaban J connectivity index is 1.39. The molecule has 0 radical (unpaired) electrons. The first-order chi connectivity index (χ1) is 14.8. The van der Waals surface area contributed by atoms with Gasteiger partial charge in [0.15, 0.2) is 0 Å². The lowest BCUT2D eigenvalue weighted by molar-refractivity contribution is 1.04. The third-order valence-corrected chi connectivity index (χ3v) is 4.95. The van der Waals surface area contributed by atoms with Crippen LogP contribution in [0.1, 0.15) is 0 Å². The maximum absolute atomic E-state index is 4.73. The molecule has 30 heavy (non-hydrogen) atoms. The van der Waals surface area contributed by atoms with E-state index in [0.717, 1.165) is 50.7 Å². The van der Waals surface area contributed by atoms with Crippen molar-refractivity contribution in [1.29, 1.82) is 0 Å². The summed E-state index contributed by atoms with van der Waals surface area (Å²) in [7, 11) is 1.91. The first-order valence-corrected chi connectivity index (χ1v) is 9.72. The van der Waals surface area contributed by atoms with E-state index in [0.29, 0.717) is 0 Å². The van der Waals surface area contributed by atoms with E-state index in [1.165, 1.54) is 0 Å². The molecule has 0 saturated carbocycles. The van der Waals surface area contributed by atoms with Crippen molar-refractivity contribution < 1.29 is 0 Å². The molecule has 0 spiro atoms. The fourth-order valence-corrected chi connectivity index (χ4v) is 3.39. The number of anilines is 3. The number of imidazole rings is 1. The molecule has 3 N–H and O–H groups in total. The molecule has 0 unspecified atom stereocenters. The zero-order chi connectivity index (χ0) is 20.3. The van der Waals surface area contributed by atoms with Gasteiger partial charge in [-0.15, -0.1) is 0 Å². The van der Waals surface area contributed by atoms with Crippen LogP contribution in [0.25, 0.3) is 33.7 Å². The summed E-state index contributed by atoms with van der Waals surface area (Å²) in [6.07, 6.45) is 1.67. The van der Waals surface area contributed by atoms with Crippen LogP contribution in [0.5, 0.6) is 0 Å². The molecule has 2 aromatic heterocycles. The van der Waals surface area contributed by atoms with Crippen molar-refractivity contribution in [2.75, 3.05) is 17.7 Å². The molecule has 6 nitrogen and oxygen atoms in total. The van der Waals surface area contributed by atoms with E-state index in [1.54, 1.807) is 6.20 Å². The van der Waals surface area contributed by atoms with E-state index in [1.807, 2.05) is 67.7 Å². The SMILES string of the molecule is CNc1ccc2nc(-c3cccc(Nc4ccc(-c5cccnn5)cc4)c3)[nH]c2c1. The summed E-state index contributed by atoms with van der Waals surface area (Å²) in [4.78, 5) is 8.14. The molecule has 0 aliphatic rings. The van der Waals surface area contributed by atoms with Crippen LogP contribution in [-0.4, -0.2) is 27.2 Å². The van der Waals surface area contributed by atoms with E-state index in [4.69, 9.17) is 4.98 Å². The molecule has 2 heterocycles. The summed E-state index contributed by atoms with van der Waals surface area (Å²) in [6, 6.07) is 26.3. The number of nitrogens with one attached hydrogen (secondary N) is 3. The molecule has 146 valence electrons. The lowest BCUT2D eigenvalue weighted by Gasteiger charge is -2.08. The van der Waals surface area contributed by atoms with Crippen LogP contribution < -0.4 is 10.6 Å². The zero-order valence-electron chi connectivity index (χ0n) is 16.4. The van der Waals surface area contributed by atoms with E-state index in [2.05, 4.69) is 44.0 Å². The Morgan fingerprint density at radius 2 is 1.63 bits per heavy atom. The fraction of sp³-hybridized carbons (Fsp3) is 0.0417. The summed E-state index contributed by atoms with van der Waals surface area (Å²) in [5, 5.41) is 14.7. The van der Waals surface area contributed by atoms with Crippen LogP contribution in [0.2, 0.25) is 0 Å². The van der Waals surface area contributed by atoms with E-state index < -0.39 is 0 Å². The fourth-order valence-electron chi connectivity index (χ4n) is 3.39. The molecule has 0 aliphatic carbocycles. The Kier molecular flexibility index (Phi) is 4.57. The van der Waals surface area contributed by atoms with Gasteiger partial charge in [-0.3, -0.25) is 0 Å². The Morgan fingerprint density at radius 3 is 2.43 bits per heavy atom. The summed E-state index contributed by atoms with van der Waals surface area (Å²) < 4.78 is 0. The maximum atomic E-state index is 4.73. The Morgan fingerprint density at radius 1 is 0.767 bits per heavy atom. The molecule has 0 fully saturated rings. The van der Waals surface area contributed by atoms with Crippen molar-refractivity contribution in [1.82, 2.24) is 20.2 Å². The molecule has 0 bridgehead atoms. The largest absolute Gasteiger partial charge is 0.388 e. The van der Waals surface area contributed by atoms with Gasteiger partial charge in [-0.25, -0.2) is 4.98 Å². The molecule has 6 heteroatoms. The lowest BCUT2D eigenvalue weighted by Crippen LogP contribution is -1.92. The van der Waals surface area contributed by atoms with Gasteiger partial charge in [0.25, 0.3) is 0 Å². The standard InChI is InChI=1S/C24H20N6/c1-25-19-11-12-22-23(15-19)29-24(28-22)17-4-2-5-20(14-17)27-18-9-7-16(8-10-18)21-6-3-13-26-30-21/h2-15,25,27H,1H3,(H,28,29). The molecule has 5 rings (SSSR count). The average Bonchev–Trinajstić information content (AvgIpc) is 3.24. The molecule has 0 atom stereocenters. The van der Waals surface area contributed by atoms with Gasteiger partial charge in [0.1, 0.15) is 5.82 Å². The number of aromatic amines is 1. The predicted molar refractivity (Wildman–Crippen MR) is 122 cm³/mol. The van der Waals surface area contributed by atoms with Crippen molar-refractivity contribution >= 4 is 28.1 Å². The van der Waals surface area contributed by atoms with Crippen molar-refractivity contribution in [3.63, 3.8) is 0 Å². The maximum Gasteiger partial charge on any atom is 0.138 e. The monoisotopic (exact) mass is 392 g/mol. The summed E-state index contributed by atoms with van der Waals surface area (Å²) >= 11 is 0. The number of rotatable bonds is 5. The Labute approximate surface area is 174 Å². The summed E-state index contributed by atoms with van der Waals surface area (Å²) in [5.74, 6) is 0.847. The van der Waals surface area contributed by atoms with Gasteiger partial charge in [-0.2, -0.15) is 10.2 Å². The van der Waals surface area contributed by atoms with Crippen LogP contribution in [0, 0.1) is 0 Å². The molecule has 5 aromatic rings. The molecular weight excluding hydrogens is 372 g/mol. The van der Waals surface area contributed by atoms with Crippen molar-refractivity contribution in [2.24, 2.45) is 0 Å². The van der Waals surface area contributed by atoms with Crippen molar-refractivity contribution in [2.45, 2.75) is 0 Å². The molecule has 3 aromatic carbocycles. The first kappa shape index (κ1) is 17.9. The minimum absolute atomic E-state index is 0.847. The normalized spacial score (nSPS) is 10.8. The van der Waals surface area contributed by atoms with Crippen LogP contribution in [0.3, 0.4) is 0 Å². The molecule has 0 aliphatic heterocycles. The van der Waals surface area contributed by atoms with Gasteiger partial charge in [0, 0.05) is 41.4 Å². The average molecular weight is 392 g/mol. The third-order valence-electron chi connectivity index (χ3n) is 4.95. The highest BCUT2D eigenvalue weighted by molar-refractivity contribution is 5.83. The highest BCUT2D eigenvalue weighted by atomic mass is 15.1. The number of nitrogens with zero attached hydrogens (tertiary/aromatic N) is 3. The van der Waals surface area contributed by atoms with Gasteiger partial charge in [-0.1, -0.05) is 24.3 Å². The van der Waals surface area contributed by atoms with Crippen molar-refractivity contribution in [3.05, 3.63) is 85.1 Å². The molecule has 0 amide bonds. The van der Waals surface area contributed by atoms with Crippen LogP contribution in [-0.2, 0) is 0 Å². The highest BCUT2D eigenvalue weighted by Crippen LogP contribution is 2.27. The number of benzene rings is 3. The second-order valence-corrected chi connectivity index (χ2v) is 6.96. The van der Waals surface area contributed by atoms with Gasteiger partial charge < -0.3 is 15.6 Å². The van der Waals surface area contributed by atoms with E-state index in [-0.39, 0.29) is 0 Å². The van der Waals surface area contributed by atoms with Gasteiger partial charge in [-0.05, 0) is 54.6 Å². The van der Waals surface area contributed by atoms with E-state index >= 15 is 0 Å². The quantitative estimate of drug-likeness (QED) is 0.369. The minimum atomic E-state index is 0.847.